The van der Waals surface area contributed by atoms with E-state index in [9.17, 15) is 64.2 Å². The maximum Gasteiger partial charge on any atom is 2.00 e. The Kier molecular flexibility index (Phi) is 29.2. The Hall–Kier alpha value is -1.96. The number of aliphatic carboxylic acids is 7. The van der Waals surface area contributed by atoms with Crippen molar-refractivity contribution in [2.45, 2.75) is 36.9 Å². The number of carbonyl (C=O) groups is 7. The summed E-state index contributed by atoms with van der Waals surface area (Å²) in [7, 11) is 3.43. The molecule has 20 heteroatoms. The Morgan fingerprint density at radius 3 is 0.833 bits per heavy atom. The maximum atomic E-state index is 10.1. The first-order valence-corrected chi connectivity index (χ1v) is 8.22. The van der Waals surface area contributed by atoms with Crippen molar-refractivity contribution < 1.29 is 138 Å². The van der Waals surface area contributed by atoms with E-state index in [1.54, 1.807) is 19.0 Å². The molecule has 0 saturated heterocycles. The first-order valence-electron chi connectivity index (χ1n) is 8.22. The predicted molar refractivity (Wildman–Crippen MR) is 84.6 cm³/mol. The van der Waals surface area contributed by atoms with E-state index < -0.39 is 78.7 Å². The minimum Gasteiger partial charge on any atom is -0.550 e. The van der Waals surface area contributed by atoms with Crippen LogP contribution in [-0.2, 0) is 92.0 Å². The van der Waals surface area contributed by atoms with E-state index in [1.165, 1.54) is 0 Å². The fourth-order valence-corrected chi connectivity index (χ4v) is 1.64. The van der Waals surface area contributed by atoms with E-state index in [2.05, 4.69) is 0 Å². The molecular weight excluding hydrogens is 658 g/mol. The van der Waals surface area contributed by atoms with Crippen molar-refractivity contribution in [2.24, 2.45) is 0 Å². The molecule has 0 radical (unpaired) electrons. The third kappa shape index (κ3) is 26.6. The van der Waals surface area contributed by atoms with Gasteiger partial charge in [0.2, 0.25) is 0 Å². The molecule has 0 aliphatic heterocycles. The van der Waals surface area contributed by atoms with E-state index in [4.69, 9.17) is 15.3 Å². The second kappa shape index (κ2) is 22.3. The molecule has 0 aromatic carbocycles. The summed E-state index contributed by atoms with van der Waals surface area (Å²) < 4.78 is 0. The van der Waals surface area contributed by atoms with Gasteiger partial charge in [0.15, 0.2) is 0 Å². The molecule has 0 unspecified atom stereocenters. The average Bonchev–Trinajstić information content (AvgIpc) is 2.50. The molecule has 0 aliphatic carbocycles. The van der Waals surface area contributed by atoms with Crippen LogP contribution in [0.25, 0.3) is 0 Å². The minimum atomic E-state index is -2.97. The van der Waals surface area contributed by atoms with Gasteiger partial charge in [0.05, 0.1) is 18.5 Å². The molecule has 3 N–H and O–H groups in total. The van der Waals surface area contributed by atoms with Crippen LogP contribution < -0.4 is 30.6 Å². The maximum absolute atomic E-state index is 10.1. The van der Waals surface area contributed by atoms with E-state index >= 15 is 0 Å². The van der Waals surface area contributed by atoms with Gasteiger partial charge in [0.1, 0.15) is 11.2 Å². The molecule has 0 spiro atoms. The van der Waals surface area contributed by atoms with Gasteiger partial charge >= 0.3 is 64.4 Å². The average molecular weight is 677 g/mol. The van der Waals surface area contributed by atoms with Crippen molar-refractivity contribution in [1.82, 2.24) is 4.90 Å². The molecule has 0 heterocycles. The molecule has 0 atom stereocenters. The number of rotatable bonds is 12. The third-order valence-electron chi connectivity index (χ3n) is 2.96. The van der Waals surface area contributed by atoms with Crippen molar-refractivity contribution in [2.75, 3.05) is 20.6 Å². The van der Waals surface area contributed by atoms with Gasteiger partial charge in [-0.15, -0.1) is 0 Å². The Morgan fingerprint density at radius 1 is 0.583 bits per heavy atom. The van der Waals surface area contributed by atoms with Gasteiger partial charge in [-0.2, -0.15) is 0 Å². The van der Waals surface area contributed by atoms with Gasteiger partial charge in [0, 0.05) is 49.6 Å². The van der Waals surface area contributed by atoms with Crippen LogP contribution in [0.4, 0.5) is 0 Å². The van der Waals surface area contributed by atoms with Crippen molar-refractivity contribution in [3.8, 4) is 0 Å². The van der Waals surface area contributed by atoms with Gasteiger partial charge < -0.3 is 74.7 Å². The predicted octanol–water partition coefficient (Wildman–Crippen LogP) is -10.9. The minimum absolute atomic E-state index is 0. The summed E-state index contributed by atoms with van der Waals surface area (Å²) in [5, 5.41) is 85.9. The van der Waals surface area contributed by atoms with Crippen molar-refractivity contribution in [3.63, 3.8) is 0 Å². The molecule has 0 aromatic heterocycles. The molecule has 0 amide bonds. The standard InChI is InChI=1S/2C6H8O7.C4H9NO2.3Zn/c2*7-3(8)1-6(13,5(11)12)2-4(9)10;1-5(2)3-4(6)7;;;/h2*13H,1-2H2,(H,7,8)(H,9,10)(H,11,12);3H2,1-2H3,(H,6,7);;;/q;;;3*+2/p-6. The zero-order valence-corrected chi connectivity index (χ0v) is 28.2. The van der Waals surface area contributed by atoms with Gasteiger partial charge in [-0.1, -0.05) is 0 Å². The number of carbonyl (C=O) groups excluding carboxylic acids is 6. The summed E-state index contributed by atoms with van der Waals surface area (Å²) in [6.07, 6.45) is -5.43. The molecule has 0 aliphatic rings. The molecule has 190 valence electrons. The number of nitrogens with zero attached hydrogens (tertiary/aromatic N) is 1. The van der Waals surface area contributed by atoms with Gasteiger partial charge in [-0.05, 0) is 14.1 Å². The Balaban J connectivity index is -0.0000000938. The van der Waals surface area contributed by atoms with E-state index in [0.29, 0.717) is 0 Å². The summed E-state index contributed by atoms with van der Waals surface area (Å²) in [4.78, 5) is 71.4. The van der Waals surface area contributed by atoms with Crippen LogP contribution in [0.2, 0.25) is 0 Å². The normalized spacial score (nSPS) is 9.69. The van der Waals surface area contributed by atoms with E-state index in [-0.39, 0.29) is 65.0 Å². The Labute approximate surface area is 241 Å². The summed E-state index contributed by atoms with van der Waals surface area (Å²) in [5.74, 6) is -12.8. The molecule has 0 fully saturated rings. The molecule has 36 heavy (non-hydrogen) atoms. The van der Waals surface area contributed by atoms with Gasteiger partial charge in [0.25, 0.3) is 0 Å². The zero-order chi connectivity index (χ0) is 27.2. The topological polar surface area (TPSA) is 322 Å². The summed E-state index contributed by atoms with van der Waals surface area (Å²) in [6, 6.07) is 0. The second-order valence-corrected chi connectivity index (χ2v) is 6.46. The summed E-state index contributed by atoms with van der Waals surface area (Å²) in [6.45, 7) is 0.111. The number of likely N-dealkylation sites (N-methyl/N-ethyl adjacent to an activating group) is 1. The van der Waals surface area contributed by atoms with Crippen LogP contribution in [0.15, 0.2) is 0 Å². The molecule has 0 bridgehead atoms. The van der Waals surface area contributed by atoms with Crippen LogP contribution in [0.1, 0.15) is 25.7 Å². The molecule has 0 aromatic rings. The second-order valence-electron chi connectivity index (χ2n) is 6.46. The fraction of sp³-hybridized carbons (Fsp3) is 0.562. The van der Waals surface area contributed by atoms with Gasteiger partial charge in [-0.25, -0.2) is 0 Å². The zero-order valence-electron chi connectivity index (χ0n) is 19.3. The van der Waals surface area contributed by atoms with E-state index in [0.717, 1.165) is 0 Å². The largest absolute Gasteiger partial charge is 2.00 e. The third-order valence-corrected chi connectivity index (χ3v) is 2.96. The Bertz CT molecular complexity index is 674. The van der Waals surface area contributed by atoms with Crippen LogP contribution in [0.3, 0.4) is 0 Å². The molecule has 0 saturated carbocycles. The van der Waals surface area contributed by atoms with Gasteiger partial charge in [-0.3, -0.25) is 9.69 Å². The smallest absolute Gasteiger partial charge is 0.550 e. The molecule has 0 rings (SSSR count). The summed E-state index contributed by atoms with van der Waals surface area (Å²) in [5.41, 5.74) is -5.95. The Morgan fingerprint density at radius 2 is 0.778 bits per heavy atom. The number of hydrogen-bond donors (Lipinski definition) is 3. The molecular formula is C16H19NO16Zn3. The first-order chi connectivity index (χ1) is 14.7. The SMILES string of the molecule is CN(C)CC(=O)O.O=C([O-])CC(O)(CC(=O)[O-])C(=O)[O-].O=C([O-])CC(O)(CC(=O)[O-])C(=O)[O-].[Zn+2].[Zn+2].[Zn+2]. The number of hydrogen-bond acceptors (Lipinski definition) is 16. The number of carboxylic acid groups (broad SMARTS) is 7. The summed E-state index contributed by atoms with van der Waals surface area (Å²) >= 11 is 0. The van der Waals surface area contributed by atoms with Crippen LogP contribution in [-0.4, -0.2) is 93.8 Å². The van der Waals surface area contributed by atoms with Crippen LogP contribution in [0.5, 0.6) is 0 Å². The van der Waals surface area contributed by atoms with Crippen LogP contribution >= 0.6 is 0 Å². The van der Waals surface area contributed by atoms with Crippen molar-refractivity contribution in [3.05, 3.63) is 0 Å². The van der Waals surface area contributed by atoms with Crippen molar-refractivity contribution in [1.29, 1.82) is 0 Å². The van der Waals surface area contributed by atoms with Crippen molar-refractivity contribution >= 4 is 41.8 Å². The van der Waals surface area contributed by atoms with Crippen LogP contribution in [0, 0.1) is 0 Å². The first kappa shape index (κ1) is 47.3. The fourth-order valence-electron chi connectivity index (χ4n) is 1.64. The molecule has 17 nitrogen and oxygen atoms in total. The quantitative estimate of drug-likeness (QED) is 0.161. The van der Waals surface area contributed by atoms with E-state index in [1.807, 2.05) is 0 Å². The monoisotopic (exact) mass is 673 g/mol. The number of aliphatic hydroxyl groups is 2. The number of carboxylic acids is 7.